The number of amides is 2. The lowest BCUT2D eigenvalue weighted by atomic mass is 10.0. The van der Waals surface area contributed by atoms with Gasteiger partial charge in [-0.1, -0.05) is 42.6 Å². The van der Waals surface area contributed by atoms with E-state index in [1.807, 2.05) is 18.2 Å². The molecule has 33 heavy (non-hydrogen) atoms. The van der Waals surface area contributed by atoms with Crippen LogP contribution in [0.5, 0.6) is 11.5 Å². The van der Waals surface area contributed by atoms with Crippen LogP contribution in [0, 0.1) is 0 Å². The third kappa shape index (κ3) is 6.55. The highest BCUT2D eigenvalue weighted by molar-refractivity contribution is 6.30. The van der Waals surface area contributed by atoms with Gasteiger partial charge in [-0.15, -0.1) is 11.6 Å². The number of hydrogen-bond donors (Lipinski definition) is 1. The van der Waals surface area contributed by atoms with E-state index in [0.29, 0.717) is 35.1 Å². The molecule has 178 valence electrons. The summed E-state index contributed by atoms with van der Waals surface area (Å²) in [4.78, 5) is 27.9. The van der Waals surface area contributed by atoms with Gasteiger partial charge in [0.05, 0.1) is 14.2 Å². The van der Waals surface area contributed by atoms with Crippen molar-refractivity contribution < 1.29 is 19.1 Å². The summed E-state index contributed by atoms with van der Waals surface area (Å²) in [5.41, 5.74) is 1.65. The number of carbonyl (C=O) groups excluding carboxylic acids is 2. The molecule has 1 aliphatic rings. The highest BCUT2D eigenvalue weighted by Gasteiger charge is 2.32. The molecule has 0 radical (unpaired) electrons. The second kappa shape index (κ2) is 12.1. The Morgan fingerprint density at radius 2 is 1.73 bits per heavy atom. The zero-order chi connectivity index (χ0) is 23.8. The normalized spacial score (nSPS) is 14.5. The van der Waals surface area contributed by atoms with Gasteiger partial charge in [-0.25, -0.2) is 0 Å². The molecule has 6 nitrogen and oxygen atoms in total. The van der Waals surface area contributed by atoms with Crippen molar-refractivity contribution >= 4 is 35.0 Å². The predicted octanol–water partition coefficient (Wildman–Crippen LogP) is 4.77. The van der Waals surface area contributed by atoms with Gasteiger partial charge in [0.15, 0.2) is 11.5 Å². The number of benzene rings is 2. The maximum absolute atomic E-state index is 13.4. The zero-order valence-electron chi connectivity index (χ0n) is 19.0. The zero-order valence-corrected chi connectivity index (χ0v) is 20.5. The Balaban J connectivity index is 1.87. The molecule has 1 fully saturated rings. The van der Waals surface area contributed by atoms with Crippen molar-refractivity contribution in [1.82, 2.24) is 10.2 Å². The third-order valence-corrected chi connectivity index (χ3v) is 6.45. The molecule has 0 saturated heterocycles. The van der Waals surface area contributed by atoms with Gasteiger partial charge < -0.3 is 19.7 Å². The summed E-state index contributed by atoms with van der Waals surface area (Å²) in [6, 6.07) is 12.0. The topological polar surface area (TPSA) is 67.9 Å². The molecule has 0 spiro atoms. The van der Waals surface area contributed by atoms with Crippen LogP contribution in [0.1, 0.15) is 42.9 Å². The summed E-state index contributed by atoms with van der Waals surface area (Å²) in [6.45, 7) is 0.312. The molecule has 2 amide bonds. The molecule has 1 saturated carbocycles. The van der Waals surface area contributed by atoms with E-state index in [0.717, 1.165) is 31.2 Å². The fraction of sp³-hybridized carbons (Fsp3) is 0.440. The molecule has 3 rings (SSSR count). The number of ether oxygens (including phenoxy) is 2. The minimum Gasteiger partial charge on any atom is -0.493 e. The molecule has 8 heteroatoms. The molecule has 1 aliphatic carbocycles. The second-order valence-electron chi connectivity index (χ2n) is 8.10. The summed E-state index contributed by atoms with van der Waals surface area (Å²) in [6.07, 6.45) is 4.62. The highest BCUT2D eigenvalue weighted by Crippen LogP contribution is 2.29. The standard InChI is InChI=1S/C25H30Cl2N2O4/c1-32-21-12-7-17(15-22(21)33-2)13-14-29(23(30)16-26)24(18-8-10-19(27)11-9-18)25(31)28-20-5-3-4-6-20/h7-12,15,20,24H,3-6,13-14,16H2,1-2H3,(H,28,31)/t24-/m1/s1. The van der Waals surface area contributed by atoms with Crippen molar-refractivity contribution in [2.24, 2.45) is 0 Å². The van der Waals surface area contributed by atoms with Crippen LogP contribution in [0.15, 0.2) is 42.5 Å². The highest BCUT2D eigenvalue weighted by atomic mass is 35.5. The average Bonchev–Trinajstić information content (AvgIpc) is 3.34. The van der Waals surface area contributed by atoms with Crippen LogP contribution in [0.25, 0.3) is 0 Å². The number of methoxy groups -OCH3 is 2. The molecule has 0 bridgehead atoms. The maximum Gasteiger partial charge on any atom is 0.247 e. The molecular weight excluding hydrogens is 463 g/mol. The molecule has 1 N–H and O–H groups in total. The Labute approximate surface area is 205 Å². The van der Waals surface area contributed by atoms with Gasteiger partial charge in [0.25, 0.3) is 0 Å². The monoisotopic (exact) mass is 492 g/mol. The van der Waals surface area contributed by atoms with Gasteiger partial charge in [0, 0.05) is 17.6 Å². The first-order chi connectivity index (χ1) is 16.0. The van der Waals surface area contributed by atoms with Gasteiger partial charge in [0.2, 0.25) is 11.8 Å². The van der Waals surface area contributed by atoms with Crippen molar-refractivity contribution in [2.45, 2.75) is 44.2 Å². The maximum atomic E-state index is 13.4. The molecule has 2 aromatic rings. The summed E-state index contributed by atoms with van der Waals surface area (Å²) < 4.78 is 10.7. The number of rotatable bonds is 10. The average molecular weight is 493 g/mol. The van der Waals surface area contributed by atoms with Crippen molar-refractivity contribution in [3.63, 3.8) is 0 Å². The van der Waals surface area contributed by atoms with Crippen LogP contribution in [0.3, 0.4) is 0 Å². The number of nitrogens with zero attached hydrogens (tertiary/aromatic N) is 1. The first-order valence-corrected chi connectivity index (χ1v) is 12.0. The Hall–Kier alpha value is -2.44. The van der Waals surface area contributed by atoms with E-state index in [9.17, 15) is 9.59 Å². The van der Waals surface area contributed by atoms with Gasteiger partial charge in [-0.05, 0) is 54.7 Å². The summed E-state index contributed by atoms with van der Waals surface area (Å²) in [5.74, 6) is 0.518. The lowest BCUT2D eigenvalue weighted by molar-refractivity contribution is -0.139. The summed E-state index contributed by atoms with van der Waals surface area (Å²) >= 11 is 12.0. The minimum atomic E-state index is -0.797. The largest absolute Gasteiger partial charge is 0.493 e. The lowest BCUT2D eigenvalue weighted by Gasteiger charge is -2.32. The first kappa shape index (κ1) is 25.2. The minimum absolute atomic E-state index is 0.131. The Morgan fingerprint density at radius 3 is 2.33 bits per heavy atom. The van der Waals surface area contributed by atoms with E-state index in [1.54, 1.807) is 43.4 Å². The van der Waals surface area contributed by atoms with Crippen LogP contribution in [-0.2, 0) is 16.0 Å². The lowest BCUT2D eigenvalue weighted by Crippen LogP contribution is -2.47. The molecule has 0 heterocycles. The van der Waals surface area contributed by atoms with Crippen LogP contribution in [0.2, 0.25) is 5.02 Å². The van der Waals surface area contributed by atoms with Gasteiger partial charge >= 0.3 is 0 Å². The number of carbonyl (C=O) groups is 2. The molecular formula is C25H30Cl2N2O4. The second-order valence-corrected chi connectivity index (χ2v) is 8.81. The Kier molecular flexibility index (Phi) is 9.27. The summed E-state index contributed by atoms with van der Waals surface area (Å²) in [5, 5.41) is 3.70. The number of alkyl halides is 1. The summed E-state index contributed by atoms with van der Waals surface area (Å²) in [7, 11) is 3.16. The van der Waals surface area contributed by atoms with Crippen molar-refractivity contribution in [3.05, 3.63) is 58.6 Å². The molecule has 0 aliphatic heterocycles. The molecule has 2 aromatic carbocycles. The van der Waals surface area contributed by atoms with E-state index >= 15 is 0 Å². The third-order valence-electron chi connectivity index (χ3n) is 5.97. The molecule has 0 aromatic heterocycles. The number of halogens is 2. The van der Waals surface area contributed by atoms with Crippen molar-refractivity contribution in [2.75, 3.05) is 26.6 Å². The first-order valence-electron chi connectivity index (χ1n) is 11.1. The fourth-order valence-electron chi connectivity index (χ4n) is 4.23. The Bertz CT molecular complexity index is 946. The van der Waals surface area contributed by atoms with Crippen LogP contribution in [0.4, 0.5) is 0 Å². The van der Waals surface area contributed by atoms with Gasteiger partial charge in [-0.2, -0.15) is 0 Å². The Morgan fingerprint density at radius 1 is 1.06 bits per heavy atom. The van der Waals surface area contributed by atoms with Crippen molar-refractivity contribution in [3.8, 4) is 11.5 Å². The fourth-order valence-corrected chi connectivity index (χ4v) is 4.51. The molecule has 1 atom stereocenters. The number of hydrogen-bond acceptors (Lipinski definition) is 4. The van der Waals surface area contributed by atoms with E-state index in [4.69, 9.17) is 32.7 Å². The van der Waals surface area contributed by atoms with Crippen molar-refractivity contribution in [1.29, 1.82) is 0 Å². The van der Waals surface area contributed by atoms with Crippen LogP contribution < -0.4 is 14.8 Å². The van der Waals surface area contributed by atoms with E-state index < -0.39 is 6.04 Å². The van der Waals surface area contributed by atoms with Gasteiger partial charge in [-0.3, -0.25) is 9.59 Å². The predicted molar refractivity (Wildman–Crippen MR) is 130 cm³/mol. The molecule has 0 unspecified atom stereocenters. The quantitative estimate of drug-likeness (QED) is 0.485. The number of nitrogens with one attached hydrogen (secondary N) is 1. The smallest absolute Gasteiger partial charge is 0.247 e. The van der Waals surface area contributed by atoms with Crippen LogP contribution in [-0.4, -0.2) is 49.4 Å². The SMILES string of the molecule is COc1ccc(CCN(C(=O)CCl)[C@@H](C(=O)NC2CCCC2)c2ccc(Cl)cc2)cc1OC. The van der Waals surface area contributed by atoms with E-state index in [-0.39, 0.29) is 23.7 Å². The van der Waals surface area contributed by atoms with E-state index in [1.165, 1.54) is 0 Å². The van der Waals surface area contributed by atoms with E-state index in [2.05, 4.69) is 5.32 Å². The van der Waals surface area contributed by atoms with Gasteiger partial charge in [0.1, 0.15) is 11.9 Å². The van der Waals surface area contributed by atoms with Crippen LogP contribution >= 0.6 is 23.2 Å².